The average molecular weight is 402 g/mol. The highest BCUT2D eigenvalue weighted by Gasteiger charge is 2.40. The van der Waals surface area contributed by atoms with Crippen molar-refractivity contribution >= 4 is 33.3 Å². The lowest BCUT2D eigenvalue weighted by atomic mass is 10.3. The van der Waals surface area contributed by atoms with Gasteiger partial charge in [-0.05, 0) is 42.7 Å². The van der Waals surface area contributed by atoms with Crippen LogP contribution < -0.4 is 9.62 Å². The minimum atomic E-state index is -3.79. The van der Waals surface area contributed by atoms with Crippen LogP contribution in [0.25, 0.3) is 0 Å². The Balaban J connectivity index is 1.66. The van der Waals surface area contributed by atoms with E-state index in [4.69, 9.17) is 4.74 Å². The molecule has 7 nitrogen and oxygen atoms in total. The molecule has 0 spiro atoms. The first kappa shape index (κ1) is 19.9. The Bertz CT molecular complexity index is 975. The Morgan fingerprint density at radius 1 is 1.14 bits per heavy atom. The van der Waals surface area contributed by atoms with Crippen LogP contribution in [0.1, 0.15) is 13.3 Å². The summed E-state index contributed by atoms with van der Waals surface area (Å²) in [6.07, 6.45) is 0.787. The maximum Gasteiger partial charge on any atom is 0.309 e. The Morgan fingerprint density at radius 3 is 2.46 bits per heavy atom. The number of amides is 1. The van der Waals surface area contributed by atoms with E-state index in [0.717, 1.165) is 6.42 Å². The maximum absolute atomic E-state index is 12.8. The molecule has 2 aromatic carbocycles. The monoisotopic (exact) mass is 402 g/mol. The van der Waals surface area contributed by atoms with E-state index < -0.39 is 22.5 Å². The predicted octanol–water partition coefficient (Wildman–Crippen LogP) is 2.65. The summed E-state index contributed by atoms with van der Waals surface area (Å²) in [5.41, 5.74) is 0.835. The number of anilines is 2. The second-order valence-electron chi connectivity index (χ2n) is 6.81. The molecule has 148 valence electrons. The first-order valence-electron chi connectivity index (χ1n) is 8.89. The molecule has 1 aliphatic rings. The largest absolute Gasteiger partial charge is 0.455 e. The molecule has 1 aliphatic carbocycles. The van der Waals surface area contributed by atoms with Crippen molar-refractivity contribution < 1.29 is 22.7 Å². The van der Waals surface area contributed by atoms with Gasteiger partial charge in [0, 0.05) is 12.7 Å². The molecule has 28 heavy (non-hydrogen) atoms. The van der Waals surface area contributed by atoms with Crippen LogP contribution in [0.5, 0.6) is 0 Å². The van der Waals surface area contributed by atoms with Crippen molar-refractivity contribution in [1.29, 1.82) is 0 Å². The predicted molar refractivity (Wildman–Crippen MR) is 105 cm³/mol. The van der Waals surface area contributed by atoms with Gasteiger partial charge in [0.2, 0.25) is 0 Å². The van der Waals surface area contributed by atoms with E-state index in [9.17, 15) is 18.0 Å². The van der Waals surface area contributed by atoms with Crippen molar-refractivity contribution in [2.75, 3.05) is 23.3 Å². The van der Waals surface area contributed by atoms with Crippen molar-refractivity contribution in [2.24, 2.45) is 11.8 Å². The number of sulfonamides is 1. The molecule has 8 heteroatoms. The van der Waals surface area contributed by atoms with Crippen molar-refractivity contribution in [2.45, 2.75) is 18.2 Å². The van der Waals surface area contributed by atoms with Gasteiger partial charge in [-0.15, -0.1) is 0 Å². The fourth-order valence-corrected chi connectivity index (χ4v) is 4.00. The lowest BCUT2D eigenvalue weighted by Crippen LogP contribution is -2.26. The number of para-hydroxylation sites is 1. The highest BCUT2D eigenvalue weighted by molar-refractivity contribution is 7.92. The molecule has 1 fully saturated rings. The van der Waals surface area contributed by atoms with Crippen molar-refractivity contribution in [1.82, 2.24) is 0 Å². The second-order valence-corrected chi connectivity index (χ2v) is 8.78. The molecule has 0 radical (unpaired) electrons. The Hall–Kier alpha value is -2.87. The number of esters is 1. The standard InChI is InChI=1S/C20H22N2O5S/c1-14-11-18(14)20(24)27-13-19(23)21-15-7-6-10-17(12-15)28(25,26)22(2)16-8-4-3-5-9-16/h3-10,12,14,18H,11,13H2,1-2H3,(H,21,23)/t14-,18+/m1/s1. The van der Waals surface area contributed by atoms with Crippen molar-refractivity contribution in [3.63, 3.8) is 0 Å². The molecular formula is C20H22N2O5S. The van der Waals surface area contributed by atoms with Gasteiger partial charge in [-0.25, -0.2) is 8.42 Å². The first-order chi connectivity index (χ1) is 13.3. The molecule has 2 atom stereocenters. The van der Waals surface area contributed by atoms with E-state index in [0.29, 0.717) is 17.3 Å². The maximum atomic E-state index is 12.8. The van der Waals surface area contributed by atoms with Crippen LogP contribution in [0.3, 0.4) is 0 Å². The summed E-state index contributed by atoms with van der Waals surface area (Å²) < 4.78 is 31.8. The zero-order chi connectivity index (χ0) is 20.3. The number of carbonyl (C=O) groups excluding carboxylic acids is 2. The first-order valence-corrected chi connectivity index (χ1v) is 10.3. The number of nitrogens with one attached hydrogen (secondary N) is 1. The van der Waals surface area contributed by atoms with Gasteiger partial charge in [-0.3, -0.25) is 13.9 Å². The lowest BCUT2D eigenvalue weighted by molar-refractivity contribution is -0.148. The summed E-state index contributed by atoms with van der Waals surface area (Å²) in [6.45, 7) is 1.55. The zero-order valence-corrected chi connectivity index (χ0v) is 16.5. The summed E-state index contributed by atoms with van der Waals surface area (Å²) >= 11 is 0. The molecule has 1 amide bonds. The molecule has 2 aromatic rings. The van der Waals surface area contributed by atoms with Gasteiger partial charge in [0.25, 0.3) is 15.9 Å². The number of benzene rings is 2. The fourth-order valence-electron chi connectivity index (χ4n) is 2.76. The van der Waals surface area contributed by atoms with E-state index in [1.54, 1.807) is 42.5 Å². The normalized spacial score (nSPS) is 18.2. The topological polar surface area (TPSA) is 92.8 Å². The van der Waals surface area contributed by atoms with Gasteiger partial charge < -0.3 is 10.1 Å². The molecule has 0 heterocycles. The molecule has 0 saturated heterocycles. The Morgan fingerprint density at radius 2 is 1.82 bits per heavy atom. The molecular weight excluding hydrogens is 380 g/mol. The van der Waals surface area contributed by atoms with Gasteiger partial charge in [-0.2, -0.15) is 0 Å². The number of ether oxygens (including phenoxy) is 1. The second kappa shape index (κ2) is 8.02. The molecule has 1 saturated carbocycles. The van der Waals surface area contributed by atoms with Crippen molar-refractivity contribution in [3.8, 4) is 0 Å². The van der Waals surface area contributed by atoms with E-state index in [-0.39, 0.29) is 16.8 Å². The number of rotatable bonds is 7. The van der Waals surface area contributed by atoms with E-state index in [1.165, 1.54) is 23.5 Å². The third kappa shape index (κ3) is 4.51. The van der Waals surface area contributed by atoms with Gasteiger partial charge in [0.15, 0.2) is 6.61 Å². The molecule has 0 aliphatic heterocycles. The SMILES string of the molecule is C[C@@H]1C[C@@H]1C(=O)OCC(=O)Nc1cccc(S(=O)(=O)N(C)c2ccccc2)c1. The van der Waals surface area contributed by atoms with E-state index >= 15 is 0 Å². The Kier molecular flexibility index (Phi) is 5.69. The van der Waals surface area contributed by atoms with Gasteiger partial charge in [0.1, 0.15) is 0 Å². The van der Waals surface area contributed by atoms with Gasteiger partial charge in [-0.1, -0.05) is 31.2 Å². The number of nitrogens with zero attached hydrogens (tertiary/aromatic N) is 1. The van der Waals surface area contributed by atoms with Crippen molar-refractivity contribution in [3.05, 3.63) is 54.6 Å². The third-order valence-corrected chi connectivity index (χ3v) is 6.44. The fraction of sp³-hybridized carbons (Fsp3) is 0.300. The molecule has 0 bridgehead atoms. The smallest absolute Gasteiger partial charge is 0.309 e. The Labute approximate surface area is 164 Å². The molecule has 0 unspecified atom stereocenters. The van der Waals surface area contributed by atoms with Crippen LogP contribution in [0.4, 0.5) is 11.4 Å². The molecule has 3 rings (SSSR count). The molecule has 1 N–H and O–H groups in total. The lowest BCUT2D eigenvalue weighted by Gasteiger charge is -2.19. The average Bonchev–Trinajstić information content (AvgIpc) is 3.43. The summed E-state index contributed by atoms with van der Waals surface area (Å²) in [7, 11) is -2.32. The van der Waals surface area contributed by atoms with E-state index in [1.807, 2.05) is 6.92 Å². The quantitative estimate of drug-likeness (QED) is 0.719. The van der Waals surface area contributed by atoms with Crippen LogP contribution in [-0.4, -0.2) is 33.9 Å². The highest BCUT2D eigenvalue weighted by Crippen LogP contribution is 2.38. The highest BCUT2D eigenvalue weighted by atomic mass is 32.2. The summed E-state index contributed by atoms with van der Waals surface area (Å²) in [5, 5.41) is 2.56. The number of carbonyl (C=O) groups is 2. The van der Waals surface area contributed by atoms with Crippen LogP contribution in [0, 0.1) is 11.8 Å². The zero-order valence-electron chi connectivity index (χ0n) is 15.7. The molecule has 0 aromatic heterocycles. The van der Waals surface area contributed by atoms with Crippen LogP contribution in [0.2, 0.25) is 0 Å². The van der Waals surface area contributed by atoms with Crippen LogP contribution >= 0.6 is 0 Å². The summed E-state index contributed by atoms with van der Waals surface area (Å²) in [4.78, 5) is 23.7. The summed E-state index contributed by atoms with van der Waals surface area (Å²) in [5.74, 6) is -0.704. The van der Waals surface area contributed by atoms with Gasteiger partial charge >= 0.3 is 5.97 Å². The summed E-state index contributed by atoms with van der Waals surface area (Å²) in [6, 6.07) is 14.6. The number of hydrogen-bond donors (Lipinski definition) is 1. The third-order valence-electron chi connectivity index (χ3n) is 4.65. The number of hydrogen-bond acceptors (Lipinski definition) is 5. The van der Waals surface area contributed by atoms with E-state index in [2.05, 4.69) is 5.32 Å². The van der Waals surface area contributed by atoms with Gasteiger partial charge in [0.05, 0.1) is 16.5 Å². The minimum absolute atomic E-state index is 0.0421. The van der Waals surface area contributed by atoms with Crippen LogP contribution in [-0.2, 0) is 24.3 Å². The van der Waals surface area contributed by atoms with Crippen LogP contribution in [0.15, 0.2) is 59.5 Å². The minimum Gasteiger partial charge on any atom is -0.455 e.